The quantitative estimate of drug-likeness (QED) is 0.703. The number of thiocarbonyl (C=S) groups is 1. The van der Waals surface area contributed by atoms with Crippen molar-refractivity contribution in [1.29, 1.82) is 0 Å². The average Bonchev–Trinajstić information content (AvgIpc) is 2.52. The fourth-order valence-corrected chi connectivity index (χ4v) is 2.44. The maximum atomic E-state index is 13.9. The third kappa shape index (κ3) is 5.07. The van der Waals surface area contributed by atoms with Gasteiger partial charge in [0.25, 0.3) is 0 Å². The molecule has 0 aliphatic heterocycles. The van der Waals surface area contributed by atoms with E-state index in [0.29, 0.717) is 17.0 Å². The Hall–Kier alpha value is -1.87. The van der Waals surface area contributed by atoms with E-state index >= 15 is 0 Å². The number of rotatable bonds is 6. The van der Waals surface area contributed by atoms with E-state index < -0.39 is 11.6 Å². The van der Waals surface area contributed by atoms with Crippen molar-refractivity contribution in [3.63, 3.8) is 0 Å². The highest BCUT2D eigenvalue weighted by Gasteiger charge is 2.12. The minimum Gasteiger partial charge on any atom is -0.494 e. The maximum Gasteiger partial charge on any atom is 0.172 e. The number of anilines is 1. The summed E-state index contributed by atoms with van der Waals surface area (Å²) < 4.78 is 33.5. The van der Waals surface area contributed by atoms with Crippen LogP contribution in [-0.4, -0.2) is 28.2 Å². The number of nitrogens with one attached hydrogen (secondary N) is 2. The van der Waals surface area contributed by atoms with Crippen LogP contribution in [0.3, 0.4) is 0 Å². The second kappa shape index (κ2) is 8.84. The Labute approximate surface area is 152 Å². The molecular weight excluding hydrogens is 402 g/mol. The molecule has 0 amide bonds. The highest BCUT2D eigenvalue weighted by atomic mass is 79.9. The molecule has 1 aromatic carbocycles. The Bertz CT molecular complexity index is 709. The predicted molar refractivity (Wildman–Crippen MR) is 95.2 cm³/mol. The Balaban J connectivity index is 1.90. The molecule has 128 valence electrons. The van der Waals surface area contributed by atoms with Gasteiger partial charge >= 0.3 is 0 Å². The summed E-state index contributed by atoms with van der Waals surface area (Å²) in [5.74, 6) is -0.658. The molecule has 0 bridgehead atoms. The number of hydrogen-bond donors (Lipinski definition) is 2. The lowest BCUT2D eigenvalue weighted by atomic mass is 10.1. The van der Waals surface area contributed by atoms with Crippen LogP contribution in [0.25, 0.3) is 0 Å². The molecule has 0 saturated heterocycles. The van der Waals surface area contributed by atoms with Crippen LogP contribution in [-0.2, 0) is 6.42 Å². The average molecular weight is 417 g/mol. The lowest BCUT2D eigenvalue weighted by molar-refractivity contribution is 0.335. The normalized spacial score (nSPS) is 10.3. The largest absolute Gasteiger partial charge is 0.494 e. The lowest BCUT2D eigenvalue weighted by Gasteiger charge is -2.12. The van der Waals surface area contributed by atoms with Crippen molar-refractivity contribution in [3.8, 4) is 5.75 Å². The molecule has 0 saturated carbocycles. The number of ether oxygens (including phenoxy) is 1. The van der Waals surface area contributed by atoms with Gasteiger partial charge in [0.2, 0.25) is 0 Å². The smallest absolute Gasteiger partial charge is 0.172 e. The summed E-state index contributed by atoms with van der Waals surface area (Å²) >= 11 is 8.35. The molecule has 0 spiro atoms. The molecule has 1 aromatic heterocycles. The first-order chi connectivity index (χ1) is 11.5. The zero-order valence-corrected chi connectivity index (χ0v) is 15.2. The van der Waals surface area contributed by atoms with Crippen molar-refractivity contribution in [2.24, 2.45) is 0 Å². The molecular formula is C15H15BrF2N4OS. The minimum atomic E-state index is -0.643. The number of nitrogens with zero attached hydrogens (tertiary/aromatic N) is 2. The van der Waals surface area contributed by atoms with Gasteiger partial charge in [-0.3, -0.25) is 0 Å². The molecule has 5 nitrogen and oxygen atoms in total. The van der Waals surface area contributed by atoms with Crippen LogP contribution >= 0.6 is 28.1 Å². The number of benzene rings is 1. The van der Waals surface area contributed by atoms with Gasteiger partial charge in [-0.05, 0) is 41.5 Å². The van der Waals surface area contributed by atoms with Crippen LogP contribution < -0.4 is 15.4 Å². The van der Waals surface area contributed by atoms with Crippen LogP contribution in [0.5, 0.6) is 5.75 Å². The Morgan fingerprint density at radius 2 is 1.92 bits per heavy atom. The van der Waals surface area contributed by atoms with Gasteiger partial charge < -0.3 is 15.4 Å². The van der Waals surface area contributed by atoms with E-state index in [1.807, 2.05) is 0 Å². The predicted octanol–water partition coefficient (Wildman–Crippen LogP) is 3.45. The topological polar surface area (TPSA) is 59.1 Å². The Kier molecular flexibility index (Phi) is 6.80. The van der Waals surface area contributed by atoms with Gasteiger partial charge in [-0.15, -0.1) is 0 Å². The number of halogens is 3. The van der Waals surface area contributed by atoms with Crippen LogP contribution in [0.4, 0.5) is 14.6 Å². The van der Waals surface area contributed by atoms with E-state index in [1.54, 1.807) is 6.92 Å². The van der Waals surface area contributed by atoms with E-state index in [9.17, 15) is 8.78 Å². The monoisotopic (exact) mass is 416 g/mol. The van der Waals surface area contributed by atoms with Gasteiger partial charge in [0.05, 0.1) is 6.61 Å². The fourth-order valence-electron chi connectivity index (χ4n) is 1.93. The molecule has 0 unspecified atom stereocenters. The SMILES string of the molecule is CCOc1cc(F)c(CCNC(=S)Nc2nccnc2Br)c(F)c1. The van der Waals surface area contributed by atoms with Gasteiger partial charge in [0, 0.05) is 36.6 Å². The van der Waals surface area contributed by atoms with Crippen molar-refractivity contribution in [2.45, 2.75) is 13.3 Å². The Morgan fingerprint density at radius 1 is 1.25 bits per heavy atom. The van der Waals surface area contributed by atoms with Gasteiger partial charge in [-0.1, -0.05) is 0 Å². The minimum absolute atomic E-state index is 0.0190. The third-order valence-corrected chi connectivity index (χ3v) is 3.80. The summed E-state index contributed by atoms with van der Waals surface area (Å²) in [7, 11) is 0. The highest BCUT2D eigenvalue weighted by molar-refractivity contribution is 9.10. The molecule has 0 radical (unpaired) electrons. The molecule has 24 heavy (non-hydrogen) atoms. The molecule has 2 rings (SSSR count). The van der Waals surface area contributed by atoms with E-state index in [1.165, 1.54) is 24.5 Å². The van der Waals surface area contributed by atoms with Gasteiger partial charge in [0.1, 0.15) is 22.0 Å². The Morgan fingerprint density at radius 3 is 2.54 bits per heavy atom. The van der Waals surface area contributed by atoms with Crippen molar-refractivity contribution < 1.29 is 13.5 Å². The summed E-state index contributed by atoms with van der Waals surface area (Å²) in [4.78, 5) is 8.06. The van der Waals surface area contributed by atoms with Gasteiger partial charge in [-0.2, -0.15) is 0 Å². The van der Waals surface area contributed by atoms with E-state index in [4.69, 9.17) is 17.0 Å². The maximum absolute atomic E-state index is 13.9. The summed E-state index contributed by atoms with van der Waals surface area (Å²) in [5, 5.41) is 5.99. The van der Waals surface area contributed by atoms with Crippen LogP contribution in [0.1, 0.15) is 12.5 Å². The molecule has 0 aliphatic rings. The molecule has 2 aromatic rings. The van der Waals surface area contributed by atoms with Crippen molar-refractivity contribution in [3.05, 3.63) is 46.3 Å². The molecule has 0 aliphatic carbocycles. The molecule has 9 heteroatoms. The van der Waals surface area contributed by atoms with E-state index in [-0.39, 0.29) is 29.4 Å². The van der Waals surface area contributed by atoms with Gasteiger partial charge in [0.15, 0.2) is 10.9 Å². The lowest BCUT2D eigenvalue weighted by Crippen LogP contribution is -2.31. The molecule has 2 N–H and O–H groups in total. The first-order valence-corrected chi connectivity index (χ1v) is 8.33. The van der Waals surface area contributed by atoms with Crippen molar-refractivity contribution in [1.82, 2.24) is 15.3 Å². The van der Waals surface area contributed by atoms with Crippen LogP contribution in [0, 0.1) is 11.6 Å². The van der Waals surface area contributed by atoms with Crippen molar-refractivity contribution in [2.75, 3.05) is 18.5 Å². The second-order valence-electron chi connectivity index (χ2n) is 4.63. The van der Waals surface area contributed by atoms with E-state index in [2.05, 4.69) is 36.5 Å². The summed E-state index contributed by atoms with van der Waals surface area (Å²) in [5.41, 5.74) is -0.0190. The molecule has 0 atom stereocenters. The standard InChI is InChI=1S/C15H15BrF2N4OS/c1-2-23-9-7-11(17)10(12(18)8-9)3-4-21-15(24)22-14-13(16)19-5-6-20-14/h5-8H,2-4H2,1H3,(H2,20,21,22,24). The summed E-state index contributed by atoms with van der Waals surface area (Å²) in [6.07, 6.45) is 3.18. The molecule has 0 fully saturated rings. The third-order valence-electron chi connectivity index (χ3n) is 2.97. The van der Waals surface area contributed by atoms with Crippen LogP contribution in [0.2, 0.25) is 0 Å². The number of hydrogen-bond acceptors (Lipinski definition) is 4. The zero-order chi connectivity index (χ0) is 17.5. The fraction of sp³-hybridized carbons (Fsp3) is 0.267. The summed E-state index contributed by atoms with van der Waals surface area (Å²) in [6.45, 7) is 2.35. The second-order valence-corrected chi connectivity index (χ2v) is 5.78. The van der Waals surface area contributed by atoms with Crippen molar-refractivity contribution >= 4 is 39.1 Å². The highest BCUT2D eigenvalue weighted by Crippen LogP contribution is 2.21. The first kappa shape index (κ1) is 18.5. The molecule has 1 heterocycles. The van der Waals surface area contributed by atoms with E-state index in [0.717, 1.165) is 0 Å². The summed E-state index contributed by atoms with van der Waals surface area (Å²) in [6, 6.07) is 2.35. The zero-order valence-electron chi connectivity index (χ0n) is 12.8. The number of aromatic nitrogens is 2. The van der Waals surface area contributed by atoms with Crippen LogP contribution in [0.15, 0.2) is 29.1 Å². The van der Waals surface area contributed by atoms with Gasteiger partial charge in [-0.25, -0.2) is 18.7 Å². The first-order valence-electron chi connectivity index (χ1n) is 7.13.